The Balaban J connectivity index is 2.83. The fourth-order valence-corrected chi connectivity index (χ4v) is 4.29. The van der Waals surface area contributed by atoms with Gasteiger partial charge in [-0.15, -0.1) is 11.3 Å². The maximum Gasteiger partial charge on any atom is 0.0758 e. The molecule has 1 nitrogen and oxygen atoms in total. The first-order chi connectivity index (χ1) is 6.19. The molecule has 1 aromatic rings. The molecule has 13 heavy (non-hydrogen) atoms. The number of thiophene rings is 1. The molecule has 0 fully saturated rings. The van der Waals surface area contributed by atoms with E-state index in [0.717, 1.165) is 13.0 Å². The van der Waals surface area contributed by atoms with Crippen molar-refractivity contribution < 1.29 is 0 Å². The lowest BCUT2D eigenvalue weighted by atomic mass is 10.1. The summed E-state index contributed by atoms with van der Waals surface area (Å²) in [5.74, 6) is 0. The maximum absolute atomic E-state index is 3.58. The molecule has 4 heteroatoms. The van der Waals surface area contributed by atoms with E-state index in [2.05, 4.69) is 57.1 Å². The van der Waals surface area contributed by atoms with Crippen LogP contribution in [0.3, 0.4) is 0 Å². The van der Waals surface area contributed by atoms with Crippen molar-refractivity contribution in [2.45, 2.75) is 26.3 Å². The fraction of sp³-hybridized carbons (Fsp3) is 0.556. The van der Waals surface area contributed by atoms with Gasteiger partial charge in [-0.25, -0.2) is 0 Å². The number of halogens is 2. The van der Waals surface area contributed by atoms with Crippen LogP contribution in [0.1, 0.15) is 31.9 Å². The van der Waals surface area contributed by atoms with E-state index in [1.54, 1.807) is 11.3 Å². The van der Waals surface area contributed by atoms with Crippen LogP contribution < -0.4 is 5.32 Å². The molecule has 0 aliphatic rings. The van der Waals surface area contributed by atoms with Crippen LogP contribution in [-0.4, -0.2) is 6.54 Å². The highest BCUT2D eigenvalue weighted by Gasteiger charge is 2.13. The van der Waals surface area contributed by atoms with Crippen molar-refractivity contribution in [3.8, 4) is 0 Å². The summed E-state index contributed by atoms with van der Waals surface area (Å²) < 4.78 is 2.41. The summed E-state index contributed by atoms with van der Waals surface area (Å²) >= 11 is 8.80. The largest absolute Gasteiger partial charge is 0.310 e. The van der Waals surface area contributed by atoms with Crippen LogP contribution in [0.5, 0.6) is 0 Å². The van der Waals surface area contributed by atoms with Crippen LogP contribution in [0.2, 0.25) is 0 Å². The molecule has 74 valence electrons. The lowest BCUT2D eigenvalue weighted by Crippen LogP contribution is -2.19. The lowest BCUT2D eigenvalue weighted by molar-refractivity contribution is 0.537. The van der Waals surface area contributed by atoms with Gasteiger partial charge in [0.2, 0.25) is 0 Å². The highest BCUT2D eigenvalue weighted by atomic mass is 79.9. The zero-order valence-corrected chi connectivity index (χ0v) is 11.7. The minimum Gasteiger partial charge on any atom is -0.310 e. The predicted octanol–water partition coefficient (Wildman–Crippen LogP) is 4.33. The quantitative estimate of drug-likeness (QED) is 0.868. The Kier molecular flexibility index (Phi) is 4.94. The number of rotatable bonds is 4. The molecule has 1 rings (SSSR count). The molecule has 1 atom stereocenters. The molecule has 0 aliphatic carbocycles. The number of hydrogen-bond donors (Lipinski definition) is 1. The third-order valence-corrected chi connectivity index (χ3v) is 4.30. The minimum atomic E-state index is 0.474. The topological polar surface area (TPSA) is 12.0 Å². The Morgan fingerprint density at radius 1 is 1.46 bits per heavy atom. The molecule has 1 aromatic heterocycles. The molecule has 0 saturated carbocycles. The molecule has 1 heterocycles. The van der Waals surface area contributed by atoms with Gasteiger partial charge in [-0.3, -0.25) is 0 Å². The first-order valence-corrected chi connectivity index (χ1v) is 6.77. The van der Waals surface area contributed by atoms with Crippen molar-refractivity contribution in [1.29, 1.82) is 0 Å². The third kappa shape index (κ3) is 3.05. The van der Waals surface area contributed by atoms with E-state index in [9.17, 15) is 0 Å². The van der Waals surface area contributed by atoms with Gasteiger partial charge < -0.3 is 5.32 Å². The van der Waals surface area contributed by atoms with Gasteiger partial charge in [0.25, 0.3) is 0 Å². The summed E-state index contributed by atoms with van der Waals surface area (Å²) in [6, 6.07) is 2.66. The van der Waals surface area contributed by atoms with Crippen LogP contribution in [0.15, 0.2) is 13.6 Å². The molecule has 0 aromatic carbocycles. The molecule has 0 spiro atoms. The maximum atomic E-state index is 3.58. The normalized spacial score (nSPS) is 13.2. The van der Waals surface area contributed by atoms with E-state index < -0.39 is 0 Å². The van der Waals surface area contributed by atoms with Crippen LogP contribution in [0, 0.1) is 0 Å². The Morgan fingerprint density at radius 3 is 2.54 bits per heavy atom. The average molecular weight is 327 g/mol. The van der Waals surface area contributed by atoms with Crippen LogP contribution in [0.25, 0.3) is 0 Å². The molecule has 0 saturated heterocycles. The van der Waals surface area contributed by atoms with Crippen molar-refractivity contribution in [3.63, 3.8) is 0 Å². The highest BCUT2D eigenvalue weighted by Crippen LogP contribution is 2.36. The van der Waals surface area contributed by atoms with E-state index >= 15 is 0 Å². The van der Waals surface area contributed by atoms with Crippen molar-refractivity contribution >= 4 is 43.2 Å². The Hall–Kier alpha value is 0.620. The summed E-state index contributed by atoms with van der Waals surface area (Å²) in [7, 11) is 0. The number of hydrogen-bond acceptors (Lipinski definition) is 2. The van der Waals surface area contributed by atoms with E-state index in [1.807, 2.05) is 0 Å². The SMILES string of the molecule is CCNC(CC)c1cc(Br)sc1Br. The van der Waals surface area contributed by atoms with Crippen LogP contribution >= 0.6 is 43.2 Å². The number of nitrogens with one attached hydrogen (secondary N) is 1. The smallest absolute Gasteiger partial charge is 0.0758 e. The standard InChI is InChI=1S/C9H13Br2NS/c1-3-7(12-4-2)6-5-8(10)13-9(6)11/h5,7,12H,3-4H2,1-2H3. The molecule has 0 amide bonds. The van der Waals surface area contributed by atoms with E-state index in [-0.39, 0.29) is 0 Å². The van der Waals surface area contributed by atoms with Gasteiger partial charge in [0.15, 0.2) is 0 Å². The van der Waals surface area contributed by atoms with Gasteiger partial charge in [0.1, 0.15) is 0 Å². The lowest BCUT2D eigenvalue weighted by Gasteiger charge is -2.14. The van der Waals surface area contributed by atoms with Crippen molar-refractivity contribution in [1.82, 2.24) is 5.32 Å². The summed E-state index contributed by atoms with van der Waals surface area (Å²) in [6.07, 6.45) is 1.12. The molecule has 1 N–H and O–H groups in total. The Bertz CT molecular complexity index is 273. The average Bonchev–Trinajstić information content (AvgIpc) is 2.41. The van der Waals surface area contributed by atoms with Crippen LogP contribution in [0.4, 0.5) is 0 Å². The van der Waals surface area contributed by atoms with Crippen molar-refractivity contribution in [2.75, 3.05) is 6.54 Å². The second-order valence-electron chi connectivity index (χ2n) is 2.80. The molecular formula is C9H13Br2NS. The second kappa shape index (κ2) is 5.49. The Morgan fingerprint density at radius 2 is 2.15 bits per heavy atom. The van der Waals surface area contributed by atoms with Gasteiger partial charge >= 0.3 is 0 Å². The summed E-state index contributed by atoms with van der Waals surface area (Å²) in [5.41, 5.74) is 1.36. The van der Waals surface area contributed by atoms with E-state index in [1.165, 1.54) is 13.1 Å². The van der Waals surface area contributed by atoms with Gasteiger partial charge in [-0.1, -0.05) is 13.8 Å². The molecular weight excluding hydrogens is 314 g/mol. The van der Waals surface area contributed by atoms with Crippen molar-refractivity contribution in [2.24, 2.45) is 0 Å². The van der Waals surface area contributed by atoms with Crippen molar-refractivity contribution in [3.05, 3.63) is 19.2 Å². The first-order valence-electron chi connectivity index (χ1n) is 4.37. The highest BCUT2D eigenvalue weighted by molar-refractivity contribution is 9.12. The van der Waals surface area contributed by atoms with E-state index in [0.29, 0.717) is 6.04 Å². The Labute approximate surface area is 100 Å². The summed E-state index contributed by atoms with van der Waals surface area (Å²) in [5, 5.41) is 3.46. The third-order valence-electron chi connectivity index (χ3n) is 1.92. The molecule has 1 unspecified atom stereocenters. The molecule has 0 aliphatic heterocycles. The van der Waals surface area contributed by atoms with Gasteiger partial charge in [0, 0.05) is 6.04 Å². The summed E-state index contributed by atoms with van der Waals surface area (Å²) in [6.45, 7) is 5.35. The van der Waals surface area contributed by atoms with Gasteiger partial charge in [-0.05, 0) is 56.5 Å². The molecule has 0 bridgehead atoms. The monoisotopic (exact) mass is 325 g/mol. The summed E-state index contributed by atoms with van der Waals surface area (Å²) in [4.78, 5) is 0. The van der Waals surface area contributed by atoms with Gasteiger partial charge in [0.05, 0.1) is 7.57 Å². The second-order valence-corrected chi connectivity index (χ2v) is 6.55. The van der Waals surface area contributed by atoms with Crippen LogP contribution in [-0.2, 0) is 0 Å². The molecule has 0 radical (unpaired) electrons. The zero-order chi connectivity index (χ0) is 9.84. The zero-order valence-electron chi connectivity index (χ0n) is 7.73. The fourth-order valence-electron chi connectivity index (χ4n) is 1.31. The van der Waals surface area contributed by atoms with Gasteiger partial charge in [-0.2, -0.15) is 0 Å². The predicted molar refractivity (Wildman–Crippen MR) is 66.4 cm³/mol. The van der Waals surface area contributed by atoms with E-state index in [4.69, 9.17) is 0 Å². The minimum absolute atomic E-state index is 0.474. The first kappa shape index (κ1) is 11.7.